The Morgan fingerprint density at radius 3 is 2.12 bits per heavy atom. The number of aromatic nitrogens is 4. The number of methoxy groups -OCH3 is 2. The van der Waals surface area contributed by atoms with E-state index in [2.05, 4.69) is 25.6 Å². The number of carbonyl (C=O) groups is 4. The van der Waals surface area contributed by atoms with Crippen molar-refractivity contribution in [3.63, 3.8) is 0 Å². The predicted octanol–water partition coefficient (Wildman–Crippen LogP) is 7.42. The first-order valence-corrected chi connectivity index (χ1v) is 24.8. The van der Waals surface area contributed by atoms with Crippen molar-refractivity contribution < 1.29 is 52.0 Å². The molecule has 10 rings (SSSR count). The fourth-order valence-corrected chi connectivity index (χ4v) is 11.6. The summed E-state index contributed by atoms with van der Waals surface area (Å²) >= 11 is 0. The number of ether oxygens (including phenoxy) is 4. The number of aliphatic hydroxyl groups is 1. The fourth-order valence-electron chi connectivity index (χ4n) is 11.6. The molecule has 1 saturated carbocycles. The molecular formula is C53H60F2N8O10. The van der Waals surface area contributed by atoms with Gasteiger partial charge in [-0.25, -0.2) is 19.6 Å². The van der Waals surface area contributed by atoms with Crippen LogP contribution < -0.4 is 16.2 Å². The van der Waals surface area contributed by atoms with Crippen LogP contribution in [0.3, 0.4) is 0 Å². The second-order valence-corrected chi connectivity index (χ2v) is 20.8. The Bertz CT molecular complexity index is 3100. The van der Waals surface area contributed by atoms with Gasteiger partial charge in [0.1, 0.15) is 17.2 Å². The number of amides is 4. The number of carbonyl (C=O) groups excluding carboxylic acids is 4. The molecule has 0 unspecified atom stereocenters. The average molecular weight is 1010 g/mol. The summed E-state index contributed by atoms with van der Waals surface area (Å²) in [4.78, 5) is 86.5. The van der Waals surface area contributed by atoms with Crippen LogP contribution in [0.25, 0.3) is 44.4 Å². The van der Waals surface area contributed by atoms with Crippen LogP contribution in [0.1, 0.15) is 108 Å². The summed E-state index contributed by atoms with van der Waals surface area (Å²) in [6.07, 6.45) is 3.86. The molecule has 3 saturated heterocycles. The third kappa shape index (κ3) is 8.30. The molecule has 18 nitrogen and oxygen atoms in total. The van der Waals surface area contributed by atoms with E-state index in [-0.39, 0.29) is 53.2 Å². The SMILES string of the molecule is COC(=O)N[C@@](C)(C(=O)N1CC2(C[C@H]1c1ncc(-c3ccc4c(c3)C(F)(F)c3cc(-c5ccc6c(=O)[nH]c([C@@H]7C[C@@H]8CCCC[C@@H]8N7C(=O)[C@](O)(NC(=O)OC)C(C)C)nc6c5)ccc3-4)[nH]1)OCCO2)C(C)C. The Labute approximate surface area is 419 Å². The van der Waals surface area contributed by atoms with Crippen molar-refractivity contribution in [3.8, 4) is 33.5 Å². The fraction of sp³-hybridized carbons (Fsp3) is 0.491. The maximum Gasteiger partial charge on any atom is 0.409 e. The monoisotopic (exact) mass is 1010 g/mol. The van der Waals surface area contributed by atoms with Crippen molar-refractivity contribution in [2.45, 2.75) is 114 Å². The first-order chi connectivity index (χ1) is 34.7. The molecule has 386 valence electrons. The number of aromatic amines is 2. The number of alkyl halides is 2. The van der Waals surface area contributed by atoms with Crippen LogP contribution in [-0.2, 0) is 34.5 Å². The zero-order valence-corrected chi connectivity index (χ0v) is 41.8. The van der Waals surface area contributed by atoms with Gasteiger partial charge >= 0.3 is 12.2 Å². The largest absolute Gasteiger partial charge is 0.453 e. The summed E-state index contributed by atoms with van der Waals surface area (Å²) in [6, 6.07) is 13.0. The second kappa shape index (κ2) is 18.3. The molecule has 73 heavy (non-hydrogen) atoms. The quantitative estimate of drug-likeness (QED) is 0.0861. The molecule has 4 amide bonds. The Kier molecular flexibility index (Phi) is 12.5. The minimum Gasteiger partial charge on any atom is -0.453 e. The van der Waals surface area contributed by atoms with Crippen LogP contribution in [0.15, 0.2) is 65.6 Å². The molecule has 2 aromatic heterocycles. The van der Waals surface area contributed by atoms with Gasteiger partial charge < -0.3 is 49.1 Å². The summed E-state index contributed by atoms with van der Waals surface area (Å²) in [5, 5.41) is 17.1. The van der Waals surface area contributed by atoms with E-state index < -0.39 is 70.5 Å². The van der Waals surface area contributed by atoms with Gasteiger partial charge in [-0.05, 0) is 84.5 Å². The highest BCUT2D eigenvalue weighted by Gasteiger charge is 2.56. The number of halogens is 2. The van der Waals surface area contributed by atoms with Gasteiger partial charge in [-0.3, -0.25) is 19.7 Å². The van der Waals surface area contributed by atoms with Gasteiger partial charge in [-0.2, -0.15) is 8.78 Å². The van der Waals surface area contributed by atoms with Crippen LogP contribution in [0.4, 0.5) is 18.4 Å². The maximum atomic E-state index is 16.9. The van der Waals surface area contributed by atoms with Crippen molar-refractivity contribution in [1.82, 2.24) is 40.4 Å². The number of hydrogen-bond acceptors (Lipinski definition) is 12. The highest BCUT2D eigenvalue weighted by molar-refractivity contribution is 5.92. The molecule has 5 aromatic rings. The first-order valence-electron chi connectivity index (χ1n) is 24.8. The second-order valence-electron chi connectivity index (χ2n) is 20.8. The lowest BCUT2D eigenvalue weighted by Crippen LogP contribution is -2.64. The molecule has 5 N–H and O–H groups in total. The Morgan fingerprint density at radius 2 is 1.45 bits per heavy atom. The molecule has 2 aliphatic carbocycles. The molecule has 4 fully saturated rings. The number of H-pyrrole nitrogens is 2. The van der Waals surface area contributed by atoms with E-state index in [1.54, 1.807) is 79.2 Å². The van der Waals surface area contributed by atoms with Crippen LogP contribution in [0.5, 0.6) is 0 Å². The van der Waals surface area contributed by atoms with Gasteiger partial charge in [-0.15, -0.1) is 0 Å². The zero-order chi connectivity index (χ0) is 51.9. The van der Waals surface area contributed by atoms with E-state index in [9.17, 15) is 29.1 Å². The summed E-state index contributed by atoms with van der Waals surface area (Å²) in [7, 11) is 2.37. The number of fused-ring (bicyclic) bond motifs is 5. The van der Waals surface area contributed by atoms with Crippen molar-refractivity contribution in [2.24, 2.45) is 17.8 Å². The summed E-state index contributed by atoms with van der Waals surface area (Å²) < 4.78 is 55.5. The molecular weight excluding hydrogens is 947 g/mol. The Hall–Kier alpha value is -6.77. The van der Waals surface area contributed by atoms with E-state index in [0.717, 1.165) is 26.4 Å². The third-order valence-electron chi connectivity index (χ3n) is 16.1. The van der Waals surface area contributed by atoms with E-state index in [1.165, 1.54) is 19.2 Å². The minimum absolute atomic E-state index is 0.0657. The molecule has 3 aromatic carbocycles. The van der Waals surface area contributed by atoms with E-state index >= 15 is 8.78 Å². The summed E-state index contributed by atoms with van der Waals surface area (Å²) in [6.45, 7) is 9.25. The number of nitrogens with zero attached hydrogens (tertiary/aromatic N) is 4. The topological polar surface area (TPSA) is 230 Å². The van der Waals surface area contributed by atoms with Gasteiger partial charge in [0.15, 0.2) is 5.79 Å². The standard InChI is InChI=1S/C53H60F2N8O10/c1-27(2)50(5,60-48(67)70-6)46(65)62-26-51(72-18-19-73-51)24-42(62)43-56-25-39(58-43)31-14-16-34-33-15-12-29(20-36(33)52(54,55)37(34)21-31)30-13-17-35-38(22-30)57-44(59-45(35)64)41-23-32-10-8-9-11-40(32)63(41)47(66)53(69,28(3)4)61-49(68)71-7/h12-17,20-22,25,27-28,32,40-42,69H,8-11,18-19,23-24,26H2,1-7H3,(H,56,58)(H,60,67)(H,61,68)(H,57,59,64)/t32-,40-,41-,42-,50+,53-/m0/s1. The van der Waals surface area contributed by atoms with Gasteiger partial charge in [-0.1, -0.05) is 70.9 Å². The zero-order valence-electron chi connectivity index (χ0n) is 41.8. The molecule has 6 atom stereocenters. The summed E-state index contributed by atoms with van der Waals surface area (Å²) in [5.41, 5.74) is -1.60. The van der Waals surface area contributed by atoms with Crippen LogP contribution >= 0.6 is 0 Å². The number of benzene rings is 3. The lowest BCUT2D eigenvalue weighted by atomic mass is 9.84. The van der Waals surface area contributed by atoms with Crippen molar-refractivity contribution >= 4 is 34.9 Å². The molecule has 0 bridgehead atoms. The molecule has 20 heteroatoms. The smallest absolute Gasteiger partial charge is 0.409 e. The van der Waals surface area contributed by atoms with E-state index in [1.807, 2.05) is 13.8 Å². The van der Waals surface area contributed by atoms with Crippen molar-refractivity contribution in [1.29, 1.82) is 0 Å². The molecule has 5 heterocycles. The van der Waals surface area contributed by atoms with Gasteiger partial charge in [0.25, 0.3) is 17.4 Å². The third-order valence-corrected chi connectivity index (χ3v) is 16.1. The molecule has 3 aliphatic heterocycles. The highest BCUT2D eigenvalue weighted by Crippen LogP contribution is 2.53. The number of rotatable bonds is 10. The normalized spacial score (nSPS) is 23.2. The summed E-state index contributed by atoms with van der Waals surface area (Å²) in [5.74, 6) is -6.04. The lowest BCUT2D eigenvalue weighted by molar-refractivity contribution is -0.164. The molecule has 0 radical (unpaired) electrons. The Morgan fingerprint density at radius 1 is 0.822 bits per heavy atom. The van der Waals surface area contributed by atoms with Crippen LogP contribution in [-0.4, -0.2) is 116 Å². The highest BCUT2D eigenvalue weighted by atomic mass is 19.3. The van der Waals surface area contributed by atoms with Crippen molar-refractivity contribution in [2.75, 3.05) is 34.0 Å². The van der Waals surface area contributed by atoms with E-state index in [4.69, 9.17) is 23.9 Å². The maximum absolute atomic E-state index is 16.9. The van der Waals surface area contributed by atoms with Gasteiger partial charge in [0, 0.05) is 35.1 Å². The average Bonchev–Trinajstić information content (AvgIpc) is 4.23. The van der Waals surface area contributed by atoms with Gasteiger partial charge in [0.05, 0.1) is 68.9 Å². The number of imidazole rings is 1. The minimum atomic E-state index is -3.42. The molecule has 5 aliphatic rings. The van der Waals surface area contributed by atoms with Crippen LogP contribution in [0, 0.1) is 17.8 Å². The lowest BCUT2D eigenvalue weighted by Gasteiger charge is -2.40. The van der Waals surface area contributed by atoms with E-state index in [0.29, 0.717) is 70.9 Å². The Balaban J connectivity index is 0.937. The number of nitrogens with one attached hydrogen (secondary N) is 4. The number of likely N-dealkylation sites (tertiary alicyclic amines) is 2. The first kappa shape index (κ1) is 49.8. The number of hydrogen-bond donors (Lipinski definition) is 5. The van der Waals surface area contributed by atoms with Gasteiger partial charge in [0.2, 0.25) is 11.6 Å². The van der Waals surface area contributed by atoms with Crippen molar-refractivity contribution in [3.05, 3.63) is 93.9 Å². The number of alkyl carbamates (subject to hydrolysis) is 2. The predicted molar refractivity (Wildman–Crippen MR) is 262 cm³/mol. The van der Waals surface area contributed by atoms with Crippen LogP contribution in [0.2, 0.25) is 0 Å². The molecule has 1 spiro atoms.